The molecule has 0 saturated carbocycles. The largest absolute Gasteiger partial charge is 0.367 e. The Balaban J connectivity index is 1.32. The zero-order chi connectivity index (χ0) is 20.1. The van der Waals surface area contributed by atoms with Gasteiger partial charge in [0.05, 0.1) is 11.9 Å². The van der Waals surface area contributed by atoms with Gasteiger partial charge in [0, 0.05) is 38.6 Å². The maximum absolute atomic E-state index is 13.0. The quantitative estimate of drug-likeness (QED) is 0.840. The highest BCUT2D eigenvalue weighted by Crippen LogP contribution is 2.31. The second kappa shape index (κ2) is 9.20. The van der Waals surface area contributed by atoms with E-state index in [-0.39, 0.29) is 17.6 Å². The van der Waals surface area contributed by atoms with Gasteiger partial charge in [0.15, 0.2) is 5.82 Å². The maximum Gasteiger partial charge on any atom is 0.223 e. The van der Waals surface area contributed by atoms with Gasteiger partial charge in [-0.25, -0.2) is 14.4 Å². The molecule has 0 unspecified atom stereocenters. The van der Waals surface area contributed by atoms with Crippen molar-refractivity contribution in [2.45, 2.75) is 38.6 Å². The summed E-state index contributed by atoms with van der Waals surface area (Å²) < 4.78 is 13.0. The summed E-state index contributed by atoms with van der Waals surface area (Å²) in [4.78, 5) is 26.1. The molecule has 2 aliphatic heterocycles. The number of hydrogen-bond acceptors (Lipinski definition) is 5. The predicted molar refractivity (Wildman–Crippen MR) is 111 cm³/mol. The van der Waals surface area contributed by atoms with E-state index in [2.05, 4.69) is 25.1 Å². The number of nitrogens with zero attached hydrogens (tertiary/aromatic N) is 4. The summed E-state index contributed by atoms with van der Waals surface area (Å²) in [5.74, 6) is 0.851. The van der Waals surface area contributed by atoms with E-state index in [0.29, 0.717) is 6.54 Å². The van der Waals surface area contributed by atoms with Crippen molar-refractivity contribution < 1.29 is 9.18 Å². The van der Waals surface area contributed by atoms with Gasteiger partial charge in [0.1, 0.15) is 12.1 Å². The molecule has 154 valence electrons. The SMILES string of the molecule is O=C(NCc1ccc(F)cc1)C1CCN(c2cncnc2N2CCCCC2)CC1. The molecule has 2 aliphatic rings. The number of benzene rings is 1. The molecule has 0 radical (unpaired) electrons. The average Bonchev–Trinajstić information content (AvgIpc) is 2.79. The fourth-order valence-electron chi connectivity index (χ4n) is 4.21. The van der Waals surface area contributed by atoms with Crippen LogP contribution in [0.15, 0.2) is 36.8 Å². The van der Waals surface area contributed by atoms with Crippen LogP contribution in [0.25, 0.3) is 0 Å². The first-order valence-corrected chi connectivity index (χ1v) is 10.5. The zero-order valence-electron chi connectivity index (χ0n) is 16.7. The molecule has 4 rings (SSSR count). The molecule has 7 heteroatoms. The number of rotatable bonds is 5. The topological polar surface area (TPSA) is 61.4 Å². The lowest BCUT2D eigenvalue weighted by atomic mass is 9.95. The Labute approximate surface area is 171 Å². The third-order valence-electron chi connectivity index (χ3n) is 5.91. The lowest BCUT2D eigenvalue weighted by Crippen LogP contribution is -2.41. The Morgan fingerprint density at radius 1 is 1.03 bits per heavy atom. The highest BCUT2D eigenvalue weighted by Gasteiger charge is 2.27. The zero-order valence-corrected chi connectivity index (χ0v) is 16.7. The minimum Gasteiger partial charge on any atom is -0.367 e. The van der Waals surface area contributed by atoms with Gasteiger partial charge in [0.25, 0.3) is 0 Å². The summed E-state index contributed by atoms with van der Waals surface area (Å²) in [6.45, 7) is 4.18. The predicted octanol–water partition coefficient (Wildman–Crippen LogP) is 3.14. The number of carbonyl (C=O) groups excluding carboxylic acids is 1. The summed E-state index contributed by atoms with van der Waals surface area (Å²) >= 11 is 0. The number of amides is 1. The van der Waals surface area contributed by atoms with Gasteiger partial charge in [-0.1, -0.05) is 12.1 Å². The van der Waals surface area contributed by atoms with Crippen LogP contribution in [-0.2, 0) is 11.3 Å². The number of nitrogens with one attached hydrogen (secondary N) is 1. The number of aromatic nitrogens is 2. The van der Waals surface area contributed by atoms with Crippen molar-refractivity contribution in [3.05, 3.63) is 48.2 Å². The summed E-state index contributed by atoms with van der Waals surface area (Å²) in [5, 5.41) is 2.99. The van der Waals surface area contributed by atoms with Crippen molar-refractivity contribution in [2.24, 2.45) is 5.92 Å². The number of halogens is 1. The average molecular weight is 397 g/mol. The van der Waals surface area contributed by atoms with Crippen LogP contribution < -0.4 is 15.1 Å². The van der Waals surface area contributed by atoms with Gasteiger partial charge in [-0.05, 0) is 49.8 Å². The van der Waals surface area contributed by atoms with Crippen molar-refractivity contribution >= 4 is 17.4 Å². The summed E-state index contributed by atoms with van der Waals surface area (Å²) in [7, 11) is 0. The molecule has 0 spiro atoms. The number of carbonyl (C=O) groups is 1. The maximum atomic E-state index is 13.0. The number of anilines is 2. The molecule has 2 saturated heterocycles. The first kappa shape index (κ1) is 19.6. The minimum atomic E-state index is -0.263. The van der Waals surface area contributed by atoms with E-state index < -0.39 is 0 Å². The van der Waals surface area contributed by atoms with Crippen molar-refractivity contribution in [3.63, 3.8) is 0 Å². The van der Waals surface area contributed by atoms with Gasteiger partial charge in [-0.3, -0.25) is 4.79 Å². The molecule has 0 bridgehead atoms. The standard InChI is InChI=1S/C22H28FN5O/c23-19-6-4-17(5-7-19)14-25-22(29)18-8-12-27(13-9-18)20-15-24-16-26-21(20)28-10-2-1-3-11-28/h4-7,15-16,18H,1-3,8-14H2,(H,25,29). The molecule has 0 aliphatic carbocycles. The second-order valence-electron chi connectivity index (χ2n) is 7.88. The van der Waals surface area contributed by atoms with Crippen LogP contribution in [0, 0.1) is 11.7 Å². The minimum absolute atomic E-state index is 0.00904. The van der Waals surface area contributed by atoms with Crippen LogP contribution in [0.2, 0.25) is 0 Å². The third-order valence-corrected chi connectivity index (χ3v) is 5.91. The Morgan fingerprint density at radius 2 is 1.76 bits per heavy atom. The first-order valence-electron chi connectivity index (χ1n) is 10.5. The van der Waals surface area contributed by atoms with Crippen LogP contribution in [0.5, 0.6) is 0 Å². The van der Waals surface area contributed by atoms with Crippen LogP contribution in [-0.4, -0.2) is 42.1 Å². The normalized spacial score (nSPS) is 18.0. The molecule has 6 nitrogen and oxygen atoms in total. The van der Waals surface area contributed by atoms with E-state index in [1.165, 1.54) is 31.4 Å². The van der Waals surface area contributed by atoms with Gasteiger partial charge in [0.2, 0.25) is 5.91 Å². The molecule has 3 heterocycles. The molecule has 1 amide bonds. The lowest BCUT2D eigenvalue weighted by Gasteiger charge is -2.36. The van der Waals surface area contributed by atoms with Crippen molar-refractivity contribution in [2.75, 3.05) is 36.0 Å². The van der Waals surface area contributed by atoms with Crippen LogP contribution in [0.4, 0.5) is 15.9 Å². The van der Waals surface area contributed by atoms with E-state index in [1.807, 2.05) is 6.20 Å². The summed E-state index contributed by atoms with van der Waals surface area (Å²) in [6, 6.07) is 6.25. The Morgan fingerprint density at radius 3 is 2.48 bits per heavy atom. The first-order chi connectivity index (χ1) is 14.2. The van der Waals surface area contributed by atoms with Crippen molar-refractivity contribution in [3.8, 4) is 0 Å². The van der Waals surface area contributed by atoms with E-state index in [9.17, 15) is 9.18 Å². The Hall–Kier alpha value is -2.70. The molecule has 29 heavy (non-hydrogen) atoms. The van der Waals surface area contributed by atoms with Gasteiger partial charge < -0.3 is 15.1 Å². The third kappa shape index (κ3) is 4.83. The van der Waals surface area contributed by atoms with Crippen molar-refractivity contribution in [1.82, 2.24) is 15.3 Å². The number of hydrogen-bond donors (Lipinski definition) is 1. The lowest BCUT2D eigenvalue weighted by molar-refractivity contribution is -0.125. The van der Waals surface area contributed by atoms with E-state index in [1.54, 1.807) is 18.5 Å². The summed E-state index contributed by atoms with van der Waals surface area (Å²) in [6.07, 6.45) is 8.86. The van der Waals surface area contributed by atoms with Gasteiger partial charge >= 0.3 is 0 Å². The highest BCUT2D eigenvalue weighted by molar-refractivity contribution is 5.79. The smallest absolute Gasteiger partial charge is 0.223 e. The Kier molecular flexibility index (Phi) is 6.22. The number of piperidine rings is 2. The monoisotopic (exact) mass is 397 g/mol. The van der Waals surface area contributed by atoms with Crippen LogP contribution >= 0.6 is 0 Å². The fraction of sp³-hybridized carbons (Fsp3) is 0.500. The second-order valence-corrected chi connectivity index (χ2v) is 7.88. The fourth-order valence-corrected chi connectivity index (χ4v) is 4.21. The molecule has 2 aromatic rings. The highest BCUT2D eigenvalue weighted by atomic mass is 19.1. The van der Waals surface area contributed by atoms with Crippen molar-refractivity contribution in [1.29, 1.82) is 0 Å². The van der Waals surface area contributed by atoms with E-state index in [0.717, 1.165) is 56.1 Å². The van der Waals surface area contributed by atoms with Gasteiger partial charge in [-0.15, -0.1) is 0 Å². The van der Waals surface area contributed by atoms with E-state index >= 15 is 0 Å². The Bertz CT molecular complexity index is 814. The molecular formula is C22H28FN5O. The molecule has 1 N–H and O–H groups in total. The van der Waals surface area contributed by atoms with Crippen LogP contribution in [0.1, 0.15) is 37.7 Å². The molecule has 1 aromatic heterocycles. The molecular weight excluding hydrogens is 369 g/mol. The molecule has 1 aromatic carbocycles. The molecule has 2 fully saturated rings. The van der Waals surface area contributed by atoms with Gasteiger partial charge in [-0.2, -0.15) is 0 Å². The van der Waals surface area contributed by atoms with E-state index in [4.69, 9.17) is 0 Å². The summed E-state index contributed by atoms with van der Waals surface area (Å²) in [5.41, 5.74) is 1.99. The molecule has 0 atom stereocenters. The van der Waals surface area contributed by atoms with Crippen LogP contribution in [0.3, 0.4) is 0 Å².